The minimum atomic E-state index is -0.579. The molecule has 2 aromatic carbocycles. The number of fused-ring (bicyclic) bond motifs is 1. The second kappa shape index (κ2) is 8.85. The van der Waals surface area contributed by atoms with Gasteiger partial charge in [-0.2, -0.15) is 5.10 Å². The van der Waals surface area contributed by atoms with E-state index in [0.29, 0.717) is 19.6 Å². The molecule has 3 aromatic rings. The van der Waals surface area contributed by atoms with Gasteiger partial charge < -0.3 is 14.7 Å². The molecule has 0 saturated carbocycles. The Hall–Kier alpha value is -2.90. The number of carbonyl (C=O) groups excluding carboxylic acids is 1. The summed E-state index contributed by atoms with van der Waals surface area (Å²) in [5.41, 5.74) is 2.00. The summed E-state index contributed by atoms with van der Waals surface area (Å²) >= 11 is 0. The number of carbonyl (C=O) groups is 1. The van der Waals surface area contributed by atoms with E-state index in [1.807, 2.05) is 42.4 Å². The van der Waals surface area contributed by atoms with Crippen LogP contribution in [0, 0.1) is 0 Å². The largest absolute Gasteiger partial charge is 0.491 e. The highest BCUT2D eigenvalue weighted by molar-refractivity contribution is 5.87. The van der Waals surface area contributed by atoms with E-state index in [2.05, 4.69) is 28.2 Å². The first kappa shape index (κ1) is 20.4. The van der Waals surface area contributed by atoms with Crippen LogP contribution < -0.4 is 4.74 Å². The fourth-order valence-corrected chi connectivity index (χ4v) is 3.83. The minimum absolute atomic E-state index is 0.112. The van der Waals surface area contributed by atoms with Crippen LogP contribution in [0.4, 0.5) is 0 Å². The van der Waals surface area contributed by atoms with Gasteiger partial charge in [0.1, 0.15) is 18.5 Å². The van der Waals surface area contributed by atoms with E-state index < -0.39 is 6.10 Å². The summed E-state index contributed by atoms with van der Waals surface area (Å²) in [4.78, 5) is 15.4. The normalized spacial score (nSPS) is 16.0. The summed E-state index contributed by atoms with van der Waals surface area (Å²) in [5, 5.41) is 17.1. The molecule has 1 amide bonds. The van der Waals surface area contributed by atoms with E-state index in [1.165, 1.54) is 0 Å². The average molecular weight is 409 g/mol. The van der Waals surface area contributed by atoms with E-state index in [1.54, 1.807) is 11.6 Å². The number of aryl methyl sites for hydroxylation is 1. The van der Waals surface area contributed by atoms with E-state index >= 15 is 0 Å². The number of rotatable bonds is 6. The van der Waals surface area contributed by atoms with Gasteiger partial charge >= 0.3 is 0 Å². The monoisotopic (exact) mass is 408 g/mol. The van der Waals surface area contributed by atoms with Crippen molar-refractivity contribution in [1.29, 1.82) is 0 Å². The molecule has 1 atom stereocenters. The zero-order valence-corrected chi connectivity index (χ0v) is 17.5. The lowest BCUT2D eigenvalue weighted by molar-refractivity contribution is -0.130. The van der Waals surface area contributed by atoms with Crippen LogP contribution in [-0.4, -0.2) is 76.0 Å². The van der Waals surface area contributed by atoms with E-state index in [0.717, 1.165) is 40.9 Å². The van der Waals surface area contributed by atoms with Crippen LogP contribution in [0.5, 0.6) is 5.75 Å². The lowest BCUT2D eigenvalue weighted by atomic mass is 10.0. The molecule has 7 nitrogen and oxygen atoms in total. The third-order valence-corrected chi connectivity index (χ3v) is 5.55. The molecule has 30 heavy (non-hydrogen) atoms. The summed E-state index contributed by atoms with van der Waals surface area (Å²) in [5.74, 6) is 0.849. The second-order valence-corrected chi connectivity index (χ2v) is 7.87. The van der Waals surface area contributed by atoms with E-state index in [4.69, 9.17) is 4.74 Å². The molecule has 1 aromatic heterocycles. The van der Waals surface area contributed by atoms with Gasteiger partial charge in [0.25, 0.3) is 0 Å². The molecule has 1 aliphatic rings. The number of amides is 1. The van der Waals surface area contributed by atoms with Crippen LogP contribution in [0.15, 0.2) is 48.7 Å². The van der Waals surface area contributed by atoms with Crippen LogP contribution >= 0.6 is 0 Å². The van der Waals surface area contributed by atoms with Crippen molar-refractivity contribution < 1.29 is 14.6 Å². The Morgan fingerprint density at radius 1 is 1.10 bits per heavy atom. The smallest absolute Gasteiger partial charge is 0.219 e. The molecule has 0 spiro atoms. The number of hydrogen-bond acceptors (Lipinski definition) is 5. The molecule has 2 heterocycles. The lowest BCUT2D eigenvalue weighted by Gasteiger charge is -2.35. The van der Waals surface area contributed by atoms with Crippen molar-refractivity contribution in [3.8, 4) is 17.0 Å². The minimum Gasteiger partial charge on any atom is -0.491 e. The first-order valence-electron chi connectivity index (χ1n) is 10.3. The highest BCUT2D eigenvalue weighted by Crippen LogP contribution is 2.26. The van der Waals surface area contributed by atoms with Crippen LogP contribution in [0.3, 0.4) is 0 Å². The number of nitrogens with zero attached hydrogens (tertiary/aromatic N) is 4. The molecule has 7 heteroatoms. The highest BCUT2D eigenvalue weighted by atomic mass is 16.5. The molecule has 4 rings (SSSR count). The summed E-state index contributed by atoms with van der Waals surface area (Å²) < 4.78 is 7.66. The topological polar surface area (TPSA) is 70.8 Å². The van der Waals surface area contributed by atoms with Crippen molar-refractivity contribution in [2.45, 2.75) is 13.0 Å². The molecule has 1 N–H and O–H groups in total. The Morgan fingerprint density at radius 2 is 1.87 bits per heavy atom. The first-order chi connectivity index (χ1) is 14.5. The number of ether oxygens (including phenoxy) is 1. The first-order valence-corrected chi connectivity index (χ1v) is 10.3. The summed E-state index contributed by atoms with van der Waals surface area (Å²) in [6.07, 6.45) is 1.35. The molecular weight excluding hydrogens is 380 g/mol. The number of benzene rings is 2. The van der Waals surface area contributed by atoms with Gasteiger partial charge in [0, 0.05) is 58.5 Å². The second-order valence-electron chi connectivity index (χ2n) is 7.87. The maximum atomic E-state index is 11.4. The molecule has 1 saturated heterocycles. The van der Waals surface area contributed by atoms with Crippen molar-refractivity contribution in [3.63, 3.8) is 0 Å². The van der Waals surface area contributed by atoms with E-state index in [9.17, 15) is 9.90 Å². The zero-order chi connectivity index (χ0) is 21.1. The van der Waals surface area contributed by atoms with Gasteiger partial charge in [0.05, 0.1) is 5.69 Å². The highest BCUT2D eigenvalue weighted by Gasteiger charge is 2.20. The number of piperazine rings is 1. The molecule has 1 unspecified atom stereocenters. The Labute approximate surface area is 176 Å². The molecule has 0 bridgehead atoms. The fourth-order valence-electron chi connectivity index (χ4n) is 3.83. The Kier molecular flexibility index (Phi) is 6.01. The predicted molar refractivity (Wildman–Crippen MR) is 116 cm³/mol. The zero-order valence-electron chi connectivity index (χ0n) is 17.5. The SMILES string of the molecule is CC(=O)N1CCN(CC(O)COc2ccc3ccc(-c4ccn(C)n4)cc3c2)CC1. The number of β-amino-alcohol motifs (C(OH)–C–C–N with tert-alkyl or cyclic N) is 1. The van der Waals surface area contributed by atoms with Crippen molar-refractivity contribution in [2.24, 2.45) is 7.05 Å². The van der Waals surface area contributed by atoms with Crippen LogP contribution in [-0.2, 0) is 11.8 Å². The molecule has 1 fully saturated rings. The summed E-state index contributed by atoms with van der Waals surface area (Å²) in [6, 6.07) is 14.2. The van der Waals surface area contributed by atoms with Crippen molar-refractivity contribution in [2.75, 3.05) is 39.3 Å². The van der Waals surface area contributed by atoms with Gasteiger partial charge in [-0.15, -0.1) is 0 Å². The summed E-state index contributed by atoms with van der Waals surface area (Å²) in [7, 11) is 1.91. The third-order valence-electron chi connectivity index (χ3n) is 5.55. The fraction of sp³-hybridized carbons (Fsp3) is 0.391. The molecule has 158 valence electrons. The van der Waals surface area contributed by atoms with Crippen LogP contribution in [0.1, 0.15) is 6.92 Å². The Bertz CT molecular complexity index is 1020. The molecule has 0 aliphatic carbocycles. The average Bonchev–Trinajstić information content (AvgIpc) is 3.18. The van der Waals surface area contributed by atoms with Gasteiger partial charge in [0.2, 0.25) is 5.91 Å². The van der Waals surface area contributed by atoms with Crippen molar-refractivity contribution in [3.05, 3.63) is 48.7 Å². The molecule has 0 radical (unpaired) electrons. The van der Waals surface area contributed by atoms with Crippen molar-refractivity contribution >= 4 is 16.7 Å². The number of aromatic nitrogens is 2. The van der Waals surface area contributed by atoms with Crippen LogP contribution in [0.2, 0.25) is 0 Å². The lowest BCUT2D eigenvalue weighted by Crippen LogP contribution is -2.50. The van der Waals surface area contributed by atoms with Gasteiger partial charge in [0.15, 0.2) is 0 Å². The summed E-state index contributed by atoms with van der Waals surface area (Å²) in [6.45, 7) is 5.37. The third kappa shape index (κ3) is 4.80. The number of aliphatic hydroxyl groups excluding tert-OH is 1. The predicted octanol–water partition coefficient (Wildman–Crippen LogP) is 2.14. The maximum absolute atomic E-state index is 11.4. The molecule has 1 aliphatic heterocycles. The molecular formula is C23H28N4O3. The Balaban J connectivity index is 1.35. The van der Waals surface area contributed by atoms with Crippen LogP contribution in [0.25, 0.3) is 22.0 Å². The standard InChI is InChI=1S/C23H28N4O3/c1-17(28)27-11-9-26(10-12-27)15-21(29)16-30-22-6-5-18-3-4-19(13-20(18)14-22)23-7-8-25(2)24-23/h3-8,13-14,21,29H,9-12,15-16H2,1-2H3. The Morgan fingerprint density at radius 3 is 2.57 bits per heavy atom. The van der Waals surface area contributed by atoms with Gasteiger partial charge in [-0.25, -0.2) is 0 Å². The van der Waals surface area contributed by atoms with Gasteiger partial charge in [-0.1, -0.05) is 18.2 Å². The van der Waals surface area contributed by atoms with Gasteiger partial charge in [-0.05, 0) is 35.0 Å². The quantitative estimate of drug-likeness (QED) is 0.677. The van der Waals surface area contributed by atoms with Gasteiger partial charge in [-0.3, -0.25) is 14.4 Å². The maximum Gasteiger partial charge on any atom is 0.219 e. The van der Waals surface area contributed by atoms with E-state index in [-0.39, 0.29) is 12.5 Å². The number of hydrogen-bond donors (Lipinski definition) is 1. The number of aliphatic hydroxyl groups is 1. The van der Waals surface area contributed by atoms with Crippen molar-refractivity contribution in [1.82, 2.24) is 19.6 Å².